The number of rotatable bonds is 3. The summed E-state index contributed by atoms with van der Waals surface area (Å²) in [5.74, 6) is 0.614. The van der Waals surface area contributed by atoms with Crippen molar-refractivity contribution < 1.29 is 13.2 Å². The topological polar surface area (TPSA) is 12.0 Å². The highest BCUT2D eigenvalue weighted by Crippen LogP contribution is 2.34. The lowest BCUT2D eigenvalue weighted by Crippen LogP contribution is -2.12. The van der Waals surface area contributed by atoms with Crippen LogP contribution in [0.1, 0.15) is 31.2 Å². The Morgan fingerprint density at radius 1 is 1.22 bits per heavy atom. The van der Waals surface area contributed by atoms with Crippen LogP contribution in [-0.2, 0) is 6.18 Å². The van der Waals surface area contributed by atoms with Gasteiger partial charge in [0.05, 0.1) is 16.3 Å². The largest absolute Gasteiger partial charge is 0.416 e. The third-order valence-electron chi connectivity index (χ3n) is 3.35. The Hall–Kier alpha value is -0.900. The van der Waals surface area contributed by atoms with Crippen LogP contribution in [-0.4, -0.2) is 6.54 Å². The third kappa shape index (κ3) is 3.31. The van der Waals surface area contributed by atoms with Gasteiger partial charge in [0, 0.05) is 6.54 Å². The van der Waals surface area contributed by atoms with E-state index in [1.165, 1.54) is 31.7 Å². The Morgan fingerprint density at radius 3 is 2.44 bits per heavy atom. The minimum Gasteiger partial charge on any atom is -0.384 e. The van der Waals surface area contributed by atoms with Crippen LogP contribution in [0.25, 0.3) is 0 Å². The van der Waals surface area contributed by atoms with E-state index in [9.17, 15) is 13.2 Å². The van der Waals surface area contributed by atoms with Crippen LogP contribution < -0.4 is 5.32 Å². The first-order valence-electron chi connectivity index (χ1n) is 6.07. The Kier molecular flexibility index (Phi) is 4.05. The summed E-state index contributed by atoms with van der Waals surface area (Å²) in [5.41, 5.74) is -0.129. The molecule has 2 rings (SSSR count). The van der Waals surface area contributed by atoms with Crippen molar-refractivity contribution in [2.45, 2.75) is 31.9 Å². The molecule has 1 nitrogen and oxygen atoms in total. The molecule has 1 saturated carbocycles. The fourth-order valence-corrected chi connectivity index (χ4v) is 2.55. The van der Waals surface area contributed by atoms with Crippen molar-refractivity contribution >= 4 is 17.3 Å². The molecule has 0 heterocycles. The lowest BCUT2D eigenvalue weighted by atomic mass is 10.1. The quantitative estimate of drug-likeness (QED) is 0.823. The summed E-state index contributed by atoms with van der Waals surface area (Å²) in [6.45, 7) is 0.783. The zero-order valence-electron chi connectivity index (χ0n) is 9.86. The van der Waals surface area contributed by atoms with Gasteiger partial charge in [-0.15, -0.1) is 0 Å². The predicted octanol–water partition coefficient (Wildman–Crippen LogP) is 4.96. The monoisotopic (exact) mass is 277 g/mol. The zero-order valence-corrected chi connectivity index (χ0v) is 10.6. The molecule has 1 aromatic carbocycles. The number of hydrogen-bond donors (Lipinski definition) is 1. The van der Waals surface area contributed by atoms with Crippen molar-refractivity contribution in [3.8, 4) is 0 Å². The van der Waals surface area contributed by atoms with Crippen molar-refractivity contribution in [1.29, 1.82) is 0 Å². The summed E-state index contributed by atoms with van der Waals surface area (Å²) in [5, 5.41) is 3.26. The molecular formula is C13H15ClF3N. The number of hydrogen-bond acceptors (Lipinski definition) is 1. The summed E-state index contributed by atoms with van der Waals surface area (Å²) in [7, 11) is 0. The standard InChI is InChI=1S/C13H15ClF3N/c14-11-7-10(13(15,16)17)5-6-12(11)18-8-9-3-1-2-4-9/h5-7,9,18H,1-4,8H2. The molecule has 0 atom stereocenters. The van der Waals surface area contributed by atoms with Crippen molar-refractivity contribution in [3.05, 3.63) is 28.8 Å². The fraction of sp³-hybridized carbons (Fsp3) is 0.538. The van der Waals surface area contributed by atoms with E-state index in [4.69, 9.17) is 11.6 Å². The number of alkyl halides is 3. The van der Waals surface area contributed by atoms with Crippen molar-refractivity contribution in [2.75, 3.05) is 11.9 Å². The first-order valence-corrected chi connectivity index (χ1v) is 6.45. The number of anilines is 1. The van der Waals surface area contributed by atoms with Gasteiger partial charge < -0.3 is 5.32 Å². The number of nitrogens with one attached hydrogen (secondary N) is 1. The minimum atomic E-state index is -4.34. The van der Waals surface area contributed by atoms with Crippen molar-refractivity contribution in [1.82, 2.24) is 0 Å². The lowest BCUT2D eigenvalue weighted by Gasteiger charge is -2.14. The zero-order chi connectivity index (χ0) is 13.2. The summed E-state index contributed by atoms with van der Waals surface area (Å²) < 4.78 is 37.4. The molecule has 0 saturated heterocycles. The molecule has 0 amide bonds. The summed E-state index contributed by atoms with van der Waals surface area (Å²) in [4.78, 5) is 0. The Labute approximate surface area is 109 Å². The summed E-state index contributed by atoms with van der Waals surface area (Å²) >= 11 is 5.86. The van der Waals surface area contributed by atoms with Gasteiger partial charge in [-0.3, -0.25) is 0 Å². The van der Waals surface area contributed by atoms with E-state index in [2.05, 4.69) is 5.32 Å². The van der Waals surface area contributed by atoms with Gasteiger partial charge in [-0.05, 0) is 37.0 Å². The first kappa shape index (κ1) is 13.5. The molecular weight excluding hydrogens is 263 g/mol. The Balaban J connectivity index is 2.01. The van der Waals surface area contributed by atoms with Gasteiger partial charge in [0.2, 0.25) is 0 Å². The van der Waals surface area contributed by atoms with Crippen LogP contribution in [0.4, 0.5) is 18.9 Å². The molecule has 100 valence electrons. The van der Waals surface area contributed by atoms with Gasteiger partial charge in [0.25, 0.3) is 0 Å². The molecule has 1 aromatic rings. The number of benzene rings is 1. The normalized spacial score (nSPS) is 17.1. The molecule has 0 aliphatic heterocycles. The highest BCUT2D eigenvalue weighted by atomic mass is 35.5. The van der Waals surface area contributed by atoms with E-state index in [0.29, 0.717) is 11.6 Å². The predicted molar refractivity (Wildman–Crippen MR) is 66.9 cm³/mol. The summed E-state index contributed by atoms with van der Waals surface area (Å²) in [6, 6.07) is 3.43. The fourth-order valence-electron chi connectivity index (χ4n) is 2.30. The van der Waals surface area contributed by atoms with Crippen molar-refractivity contribution in [3.63, 3.8) is 0 Å². The molecule has 1 aliphatic carbocycles. The van der Waals surface area contributed by atoms with Gasteiger partial charge in [0.1, 0.15) is 0 Å². The maximum Gasteiger partial charge on any atom is 0.416 e. The molecule has 1 N–H and O–H groups in total. The first-order chi connectivity index (χ1) is 8.47. The van der Waals surface area contributed by atoms with Gasteiger partial charge in [-0.1, -0.05) is 24.4 Å². The van der Waals surface area contributed by atoms with Crippen molar-refractivity contribution in [2.24, 2.45) is 5.92 Å². The lowest BCUT2D eigenvalue weighted by molar-refractivity contribution is -0.137. The average molecular weight is 278 g/mol. The second kappa shape index (κ2) is 5.39. The van der Waals surface area contributed by atoms with Gasteiger partial charge in [-0.2, -0.15) is 13.2 Å². The van der Waals surface area contributed by atoms with E-state index in [0.717, 1.165) is 18.7 Å². The molecule has 18 heavy (non-hydrogen) atoms. The molecule has 5 heteroatoms. The SMILES string of the molecule is FC(F)(F)c1ccc(NCC2CCCC2)c(Cl)c1. The van der Waals surface area contributed by atoms with Gasteiger partial charge >= 0.3 is 6.18 Å². The molecule has 1 aliphatic rings. The third-order valence-corrected chi connectivity index (χ3v) is 3.67. The molecule has 1 fully saturated rings. The van der Waals surface area contributed by atoms with E-state index in [1.54, 1.807) is 0 Å². The van der Waals surface area contributed by atoms with Gasteiger partial charge in [-0.25, -0.2) is 0 Å². The highest BCUT2D eigenvalue weighted by Gasteiger charge is 2.30. The Bertz CT molecular complexity index is 411. The van der Waals surface area contributed by atoms with E-state index >= 15 is 0 Å². The molecule has 0 spiro atoms. The molecule has 0 bridgehead atoms. The van der Waals surface area contributed by atoms with Crippen LogP contribution in [0, 0.1) is 5.92 Å². The maximum atomic E-state index is 12.5. The van der Waals surface area contributed by atoms with E-state index < -0.39 is 11.7 Å². The maximum absolute atomic E-state index is 12.5. The van der Waals surface area contributed by atoms with Crippen LogP contribution in [0.2, 0.25) is 5.02 Å². The van der Waals surface area contributed by atoms with Crippen LogP contribution in [0.15, 0.2) is 18.2 Å². The minimum absolute atomic E-state index is 0.128. The number of halogens is 4. The van der Waals surface area contributed by atoms with Gasteiger partial charge in [0.15, 0.2) is 0 Å². The second-order valence-electron chi connectivity index (χ2n) is 4.72. The average Bonchev–Trinajstić information content (AvgIpc) is 2.79. The van der Waals surface area contributed by atoms with E-state index in [-0.39, 0.29) is 5.02 Å². The highest BCUT2D eigenvalue weighted by molar-refractivity contribution is 6.33. The second-order valence-corrected chi connectivity index (χ2v) is 5.13. The van der Waals surface area contributed by atoms with Crippen LogP contribution in [0.5, 0.6) is 0 Å². The van der Waals surface area contributed by atoms with Crippen LogP contribution >= 0.6 is 11.6 Å². The van der Waals surface area contributed by atoms with Crippen LogP contribution in [0.3, 0.4) is 0 Å². The molecule has 0 radical (unpaired) electrons. The molecule has 0 aromatic heterocycles. The molecule has 0 unspecified atom stereocenters. The van der Waals surface area contributed by atoms with E-state index in [1.807, 2.05) is 0 Å². The Morgan fingerprint density at radius 2 is 1.89 bits per heavy atom. The smallest absolute Gasteiger partial charge is 0.384 e. The summed E-state index contributed by atoms with van der Waals surface area (Å²) in [6.07, 6.45) is 0.518.